The van der Waals surface area contributed by atoms with Gasteiger partial charge in [0.25, 0.3) is 0 Å². The fourth-order valence-corrected chi connectivity index (χ4v) is 4.05. The van der Waals surface area contributed by atoms with Crippen LogP contribution in [-0.2, 0) is 27.2 Å². The summed E-state index contributed by atoms with van der Waals surface area (Å²) >= 11 is 1.45. The fourth-order valence-electron chi connectivity index (χ4n) is 3.25. The van der Waals surface area contributed by atoms with Crippen molar-refractivity contribution in [2.24, 2.45) is 0 Å². The Balaban J connectivity index is 1.58. The first-order valence-corrected chi connectivity index (χ1v) is 9.39. The highest BCUT2D eigenvalue weighted by Crippen LogP contribution is 2.33. The zero-order chi connectivity index (χ0) is 18.8. The van der Waals surface area contributed by atoms with Gasteiger partial charge in [-0.2, -0.15) is 0 Å². The highest BCUT2D eigenvalue weighted by atomic mass is 32.1. The third kappa shape index (κ3) is 3.33. The molecule has 27 heavy (non-hydrogen) atoms. The third-order valence-electron chi connectivity index (χ3n) is 4.49. The van der Waals surface area contributed by atoms with E-state index in [1.165, 1.54) is 18.4 Å². The minimum Gasteiger partial charge on any atom is -0.467 e. The summed E-state index contributed by atoms with van der Waals surface area (Å²) in [4.78, 5) is 35.6. The Kier molecular flexibility index (Phi) is 4.68. The van der Waals surface area contributed by atoms with E-state index in [1.54, 1.807) is 11.1 Å². The number of para-hydroxylation sites is 1. The number of pyridine rings is 1. The highest BCUT2D eigenvalue weighted by molar-refractivity contribution is 7.13. The van der Waals surface area contributed by atoms with Gasteiger partial charge in [0, 0.05) is 23.7 Å². The predicted octanol–water partition coefficient (Wildman–Crippen LogP) is 2.88. The number of esters is 1. The van der Waals surface area contributed by atoms with Gasteiger partial charge < -0.3 is 4.74 Å². The van der Waals surface area contributed by atoms with Crippen LogP contribution in [0.4, 0.5) is 5.69 Å². The van der Waals surface area contributed by atoms with Crippen LogP contribution in [-0.4, -0.2) is 35.0 Å². The molecule has 1 aromatic carbocycles. The molecule has 0 aliphatic carbocycles. The molecule has 136 valence electrons. The lowest BCUT2D eigenvalue weighted by atomic mass is 10.1. The topological polar surface area (TPSA) is 72.4 Å². The van der Waals surface area contributed by atoms with Crippen molar-refractivity contribution >= 4 is 28.9 Å². The number of benzene rings is 1. The van der Waals surface area contributed by atoms with E-state index in [0.29, 0.717) is 12.1 Å². The number of ether oxygens (including phenoxy) is 1. The molecular weight excluding hydrogens is 362 g/mol. The monoisotopic (exact) mass is 379 g/mol. The van der Waals surface area contributed by atoms with E-state index in [4.69, 9.17) is 4.74 Å². The van der Waals surface area contributed by atoms with Crippen LogP contribution in [0.15, 0.2) is 54.0 Å². The van der Waals surface area contributed by atoms with Crippen molar-refractivity contribution < 1.29 is 14.3 Å². The van der Waals surface area contributed by atoms with Gasteiger partial charge in [-0.25, -0.2) is 9.78 Å². The van der Waals surface area contributed by atoms with E-state index < -0.39 is 12.0 Å². The summed E-state index contributed by atoms with van der Waals surface area (Å²) in [7, 11) is 1.34. The number of hydrogen-bond acceptors (Lipinski definition) is 6. The Morgan fingerprint density at radius 3 is 2.81 bits per heavy atom. The molecule has 0 bridgehead atoms. The van der Waals surface area contributed by atoms with Gasteiger partial charge in [-0.1, -0.05) is 24.3 Å². The van der Waals surface area contributed by atoms with Crippen molar-refractivity contribution in [2.45, 2.75) is 18.9 Å². The van der Waals surface area contributed by atoms with Gasteiger partial charge in [0.05, 0.1) is 24.9 Å². The highest BCUT2D eigenvalue weighted by Gasteiger charge is 2.38. The Morgan fingerprint density at radius 2 is 2.04 bits per heavy atom. The molecule has 1 atom stereocenters. The molecule has 1 aliphatic heterocycles. The molecule has 3 heterocycles. The summed E-state index contributed by atoms with van der Waals surface area (Å²) in [6.45, 7) is 0. The quantitative estimate of drug-likeness (QED) is 0.652. The smallest absolute Gasteiger partial charge is 0.329 e. The average Bonchev–Trinajstić information content (AvgIpc) is 3.32. The summed E-state index contributed by atoms with van der Waals surface area (Å²) in [6, 6.07) is 12.6. The number of nitrogens with zero attached hydrogens (tertiary/aromatic N) is 3. The Labute approximate surface area is 160 Å². The van der Waals surface area contributed by atoms with Crippen molar-refractivity contribution in [1.29, 1.82) is 0 Å². The summed E-state index contributed by atoms with van der Waals surface area (Å²) in [6.07, 6.45) is 2.29. The second-order valence-corrected chi connectivity index (χ2v) is 7.03. The van der Waals surface area contributed by atoms with Crippen LogP contribution in [0.2, 0.25) is 0 Å². The molecule has 0 saturated carbocycles. The number of thiazole rings is 1. The van der Waals surface area contributed by atoms with Gasteiger partial charge in [0.2, 0.25) is 5.91 Å². The number of anilines is 1. The second kappa shape index (κ2) is 7.28. The zero-order valence-electron chi connectivity index (χ0n) is 14.7. The molecule has 6 nitrogen and oxygen atoms in total. The number of amides is 1. The number of hydrogen-bond donors (Lipinski definition) is 0. The largest absolute Gasteiger partial charge is 0.467 e. The number of rotatable bonds is 4. The lowest BCUT2D eigenvalue weighted by molar-refractivity contribution is -0.143. The molecule has 7 heteroatoms. The number of carbonyl (C=O) groups excluding carboxylic acids is 2. The molecule has 0 fully saturated rings. The molecule has 0 N–H and O–H groups in total. The van der Waals surface area contributed by atoms with Crippen molar-refractivity contribution in [3.63, 3.8) is 0 Å². The van der Waals surface area contributed by atoms with Crippen LogP contribution in [0.25, 0.3) is 10.7 Å². The third-order valence-corrected chi connectivity index (χ3v) is 5.40. The normalized spacial score (nSPS) is 15.4. The first kappa shape index (κ1) is 17.4. The maximum Gasteiger partial charge on any atom is 0.329 e. The summed E-state index contributed by atoms with van der Waals surface area (Å²) in [5.41, 5.74) is 3.17. The number of carbonyl (C=O) groups is 2. The molecule has 3 aromatic rings. The molecule has 4 rings (SSSR count). The van der Waals surface area contributed by atoms with Crippen LogP contribution < -0.4 is 4.90 Å². The fraction of sp³-hybridized carbons (Fsp3) is 0.200. The average molecular weight is 379 g/mol. The van der Waals surface area contributed by atoms with Gasteiger partial charge in [0.1, 0.15) is 11.0 Å². The molecule has 0 saturated heterocycles. The van der Waals surface area contributed by atoms with Crippen LogP contribution in [0.1, 0.15) is 11.3 Å². The van der Waals surface area contributed by atoms with Gasteiger partial charge >= 0.3 is 5.97 Å². The van der Waals surface area contributed by atoms with Crippen LogP contribution in [0.3, 0.4) is 0 Å². The van der Waals surface area contributed by atoms with Crippen molar-refractivity contribution in [3.05, 3.63) is 65.3 Å². The standard InChI is InChI=1S/C20H17N3O3S/c1-26-20(25)17-10-13-6-2-3-8-16(13)23(17)18(24)11-14-12-27-19(22-14)15-7-4-5-9-21-15/h2-9,12,17H,10-11H2,1H3/t17-/m0/s1. The Morgan fingerprint density at radius 1 is 1.22 bits per heavy atom. The molecule has 0 unspecified atom stereocenters. The van der Waals surface area contributed by atoms with E-state index in [2.05, 4.69) is 9.97 Å². The van der Waals surface area contributed by atoms with Crippen molar-refractivity contribution in [3.8, 4) is 10.7 Å². The maximum absolute atomic E-state index is 13.0. The molecule has 1 amide bonds. The van der Waals surface area contributed by atoms with E-state index in [9.17, 15) is 9.59 Å². The molecule has 0 radical (unpaired) electrons. The number of methoxy groups -OCH3 is 1. The van der Waals surface area contributed by atoms with E-state index in [0.717, 1.165) is 22.0 Å². The van der Waals surface area contributed by atoms with Crippen LogP contribution >= 0.6 is 11.3 Å². The first-order chi connectivity index (χ1) is 13.2. The lowest BCUT2D eigenvalue weighted by Gasteiger charge is -2.23. The SMILES string of the molecule is COC(=O)[C@@H]1Cc2ccccc2N1C(=O)Cc1csc(-c2ccccn2)n1. The minimum atomic E-state index is -0.631. The number of fused-ring (bicyclic) bond motifs is 1. The van der Waals surface area contributed by atoms with E-state index >= 15 is 0 Å². The molecule has 1 aliphatic rings. The Bertz CT molecular complexity index is 987. The van der Waals surface area contributed by atoms with Gasteiger partial charge in [0.15, 0.2) is 0 Å². The molecule has 2 aromatic heterocycles. The van der Waals surface area contributed by atoms with E-state index in [-0.39, 0.29) is 12.3 Å². The van der Waals surface area contributed by atoms with Crippen molar-refractivity contribution in [2.75, 3.05) is 12.0 Å². The summed E-state index contributed by atoms with van der Waals surface area (Å²) in [5, 5.41) is 2.63. The number of aromatic nitrogens is 2. The zero-order valence-corrected chi connectivity index (χ0v) is 15.5. The first-order valence-electron chi connectivity index (χ1n) is 8.51. The Hall–Kier alpha value is -3.06. The second-order valence-electron chi connectivity index (χ2n) is 6.17. The predicted molar refractivity (Wildman–Crippen MR) is 102 cm³/mol. The van der Waals surface area contributed by atoms with Gasteiger partial charge in [-0.05, 0) is 23.8 Å². The van der Waals surface area contributed by atoms with Gasteiger partial charge in [-0.3, -0.25) is 14.7 Å². The summed E-state index contributed by atoms with van der Waals surface area (Å²) in [5.74, 6) is -0.583. The minimum absolute atomic E-state index is 0.116. The lowest BCUT2D eigenvalue weighted by Crippen LogP contribution is -2.44. The van der Waals surface area contributed by atoms with Crippen molar-refractivity contribution in [1.82, 2.24) is 9.97 Å². The summed E-state index contributed by atoms with van der Waals surface area (Å²) < 4.78 is 4.90. The van der Waals surface area contributed by atoms with Crippen LogP contribution in [0, 0.1) is 0 Å². The molecular formula is C20H17N3O3S. The van der Waals surface area contributed by atoms with Gasteiger partial charge in [-0.15, -0.1) is 11.3 Å². The van der Waals surface area contributed by atoms with E-state index in [1.807, 2.05) is 47.8 Å². The maximum atomic E-state index is 13.0. The molecule has 0 spiro atoms. The van der Waals surface area contributed by atoms with Crippen LogP contribution in [0.5, 0.6) is 0 Å².